The number of carbonyl (C=O) groups is 1. The largest absolute Gasteiger partial charge is 0.489 e. The number of benzene rings is 1. The van der Waals surface area contributed by atoms with Crippen LogP contribution in [0.4, 0.5) is 4.39 Å². The summed E-state index contributed by atoms with van der Waals surface area (Å²) in [6, 6.07) is 6.21. The summed E-state index contributed by atoms with van der Waals surface area (Å²) in [5.41, 5.74) is 1.80. The molecule has 0 atom stereocenters. The second-order valence-corrected chi connectivity index (χ2v) is 5.40. The van der Waals surface area contributed by atoms with Gasteiger partial charge in [-0.1, -0.05) is 17.3 Å². The number of hydrogen-bond acceptors (Lipinski definition) is 4. The number of aromatic nitrogens is 1. The molecule has 0 saturated carbocycles. The molecule has 1 aromatic carbocycles. The van der Waals surface area contributed by atoms with Crippen LogP contribution in [0, 0.1) is 19.7 Å². The Morgan fingerprint density at radius 1 is 1.35 bits per heavy atom. The van der Waals surface area contributed by atoms with Crippen LogP contribution in [-0.4, -0.2) is 36.2 Å². The molecule has 0 unspecified atom stereocenters. The minimum atomic E-state index is -0.403. The Balaban J connectivity index is 1.76. The normalized spacial score (nSPS) is 10.6. The van der Waals surface area contributed by atoms with Crippen LogP contribution in [0.15, 0.2) is 28.8 Å². The molecule has 0 N–H and O–H groups in total. The highest BCUT2D eigenvalue weighted by Gasteiger charge is 2.14. The van der Waals surface area contributed by atoms with Crippen LogP contribution in [0.5, 0.6) is 5.75 Å². The van der Waals surface area contributed by atoms with Gasteiger partial charge >= 0.3 is 0 Å². The van der Waals surface area contributed by atoms with Gasteiger partial charge in [0.05, 0.1) is 12.2 Å². The second-order valence-electron chi connectivity index (χ2n) is 5.40. The van der Waals surface area contributed by atoms with E-state index in [-0.39, 0.29) is 18.3 Å². The lowest BCUT2D eigenvalue weighted by Gasteiger charge is -2.17. The summed E-state index contributed by atoms with van der Waals surface area (Å²) in [7, 11) is 1.71. The van der Waals surface area contributed by atoms with Crippen molar-refractivity contribution in [3.05, 3.63) is 47.1 Å². The molecular formula is C17H21FN2O3. The van der Waals surface area contributed by atoms with Gasteiger partial charge in [0.15, 0.2) is 11.6 Å². The van der Waals surface area contributed by atoms with Gasteiger partial charge in [-0.2, -0.15) is 0 Å². The highest BCUT2D eigenvalue weighted by atomic mass is 19.1. The van der Waals surface area contributed by atoms with E-state index in [9.17, 15) is 9.18 Å². The van der Waals surface area contributed by atoms with Crippen molar-refractivity contribution in [2.24, 2.45) is 0 Å². The molecule has 0 spiro atoms. The number of halogens is 1. The summed E-state index contributed by atoms with van der Waals surface area (Å²) in [6.07, 6.45) is 0.970. The first-order valence-electron chi connectivity index (χ1n) is 7.52. The maximum Gasteiger partial charge on any atom is 0.222 e. The maximum atomic E-state index is 13.4. The molecule has 1 aromatic heterocycles. The zero-order valence-electron chi connectivity index (χ0n) is 13.6. The van der Waals surface area contributed by atoms with Gasteiger partial charge in [0.25, 0.3) is 0 Å². The van der Waals surface area contributed by atoms with Crippen molar-refractivity contribution >= 4 is 5.91 Å². The molecule has 0 radical (unpaired) electrons. The third-order valence-electron chi connectivity index (χ3n) is 3.72. The lowest BCUT2D eigenvalue weighted by molar-refractivity contribution is -0.130. The molecule has 2 rings (SSSR count). The Labute approximate surface area is 135 Å². The fourth-order valence-corrected chi connectivity index (χ4v) is 2.26. The Bertz CT molecular complexity index is 650. The van der Waals surface area contributed by atoms with E-state index in [0.717, 1.165) is 17.0 Å². The topological polar surface area (TPSA) is 55.6 Å². The van der Waals surface area contributed by atoms with Gasteiger partial charge < -0.3 is 14.2 Å². The molecule has 23 heavy (non-hydrogen) atoms. The van der Waals surface area contributed by atoms with Crippen molar-refractivity contribution in [2.45, 2.75) is 26.7 Å². The highest BCUT2D eigenvalue weighted by molar-refractivity contribution is 5.76. The van der Waals surface area contributed by atoms with E-state index < -0.39 is 5.82 Å². The molecule has 6 heteroatoms. The standard InChI is InChI=1S/C17H21FN2O3/c1-12-14(13(2)23-19-12)8-9-17(21)20(3)10-11-22-16-7-5-4-6-15(16)18/h4-7H,8-11H2,1-3H3. The summed E-state index contributed by atoms with van der Waals surface area (Å²) < 4.78 is 23.8. The van der Waals surface area contributed by atoms with Gasteiger partial charge in [-0.15, -0.1) is 0 Å². The number of para-hydroxylation sites is 1. The Morgan fingerprint density at radius 2 is 2.09 bits per heavy atom. The lowest BCUT2D eigenvalue weighted by atomic mass is 10.1. The number of ether oxygens (including phenoxy) is 1. The van der Waals surface area contributed by atoms with E-state index >= 15 is 0 Å². The SMILES string of the molecule is Cc1noc(C)c1CCC(=O)N(C)CCOc1ccccc1F. The molecule has 124 valence electrons. The Hall–Kier alpha value is -2.37. The summed E-state index contributed by atoms with van der Waals surface area (Å²) in [5.74, 6) is 0.548. The third kappa shape index (κ3) is 4.55. The fourth-order valence-electron chi connectivity index (χ4n) is 2.26. The molecule has 0 aliphatic carbocycles. The number of carbonyl (C=O) groups excluding carboxylic acids is 1. The monoisotopic (exact) mass is 320 g/mol. The van der Waals surface area contributed by atoms with Crippen LogP contribution in [0.25, 0.3) is 0 Å². The zero-order chi connectivity index (χ0) is 16.8. The van der Waals surface area contributed by atoms with Crippen molar-refractivity contribution < 1.29 is 18.4 Å². The first-order valence-corrected chi connectivity index (χ1v) is 7.52. The highest BCUT2D eigenvalue weighted by Crippen LogP contribution is 2.16. The van der Waals surface area contributed by atoms with Crippen LogP contribution < -0.4 is 4.74 Å². The minimum absolute atomic E-state index is 0.00198. The number of aryl methyl sites for hydroxylation is 2. The smallest absolute Gasteiger partial charge is 0.222 e. The van der Waals surface area contributed by atoms with Gasteiger partial charge in [-0.05, 0) is 32.4 Å². The van der Waals surface area contributed by atoms with Crippen molar-refractivity contribution in [3.63, 3.8) is 0 Å². The van der Waals surface area contributed by atoms with Gasteiger partial charge in [0.2, 0.25) is 5.91 Å². The summed E-state index contributed by atoms with van der Waals surface area (Å²) >= 11 is 0. The molecule has 0 aliphatic heterocycles. The number of nitrogens with zero attached hydrogens (tertiary/aromatic N) is 2. The molecule has 0 bridgehead atoms. The first-order chi connectivity index (χ1) is 11.0. The third-order valence-corrected chi connectivity index (χ3v) is 3.72. The average Bonchev–Trinajstić information content (AvgIpc) is 2.85. The van der Waals surface area contributed by atoms with Crippen LogP contribution in [0.2, 0.25) is 0 Å². The molecule has 0 saturated heterocycles. The number of hydrogen-bond donors (Lipinski definition) is 0. The average molecular weight is 320 g/mol. The van der Waals surface area contributed by atoms with Gasteiger partial charge in [-0.25, -0.2) is 4.39 Å². The summed E-state index contributed by atoms with van der Waals surface area (Å²) in [5, 5.41) is 3.87. The van der Waals surface area contributed by atoms with Gasteiger partial charge in [0, 0.05) is 19.0 Å². The molecule has 0 aliphatic rings. The van der Waals surface area contributed by atoms with E-state index in [2.05, 4.69) is 5.16 Å². The summed E-state index contributed by atoms with van der Waals surface area (Å²) in [4.78, 5) is 13.7. The Morgan fingerprint density at radius 3 is 2.74 bits per heavy atom. The number of likely N-dealkylation sites (N-methyl/N-ethyl adjacent to an activating group) is 1. The number of amides is 1. The lowest BCUT2D eigenvalue weighted by Crippen LogP contribution is -2.31. The van der Waals surface area contributed by atoms with Crippen molar-refractivity contribution in [2.75, 3.05) is 20.2 Å². The molecule has 1 amide bonds. The van der Waals surface area contributed by atoms with Crippen LogP contribution >= 0.6 is 0 Å². The van der Waals surface area contributed by atoms with Crippen molar-refractivity contribution in [1.29, 1.82) is 0 Å². The van der Waals surface area contributed by atoms with Gasteiger partial charge in [-0.3, -0.25) is 4.79 Å². The predicted octanol–water partition coefficient (Wildman–Crippen LogP) is 2.90. The molecular weight excluding hydrogens is 299 g/mol. The van der Waals surface area contributed by atoms with Crippen LogP contribution in [0.3, 0.4) is 0 Å². The molecule has 2 aromatic rings. The van der Waals surface area contributed by atoms with Crippen LogP contribution in [0.1, 0.15) is 23.4 Å². The summed E-state index contributed by atoms with van der Waals surface area (Å²) in [6.45, 7) is 4.34. The van der Waals surface area contributed by atoms with E-state index in [0.29, 0.717) is 19.4 Å². The molecule has 5 nitrogen and oxygen atoms in total. The Kier molecular flexibility index (Phi) is 5.73. The van der Waals surface area contributed by atoms with Gasteiger partial charge in [0.1, 0.15) is 12.4 Å². The van der Waals surface area contributed by atoms with E-state index in [1.807, 2.05) is 13.8 Å². The molecule has 1 heterocycles. The molecule has 0 fully saturated rings. The van der Waals surface area contributed by atoms with E-state index in [4.69, 9.17) is 9.26 Å². The quantitative estimate of drug-likeness (QED) is 0.787. The second kappa shape index (κ2) is 7.76. The van der Waals surface area contributed by atoms with E-state index in [1.54, 1.807) is 30.1 Å². The zero-order valence-corrected chi connectivity index (χ0v) is 13.6. The van der Waals surface area contributed by atoms with Crippen LogP contribution in [-0.2, 0) is 11.2 Å². The fraction of sp³-hybridized carbons (Fsp3) is 0.412. The number of rotatable bonds is 7. The van der Waals surface area contributed by atoms with E-state index in [1.165, 1.54) is 6.07 Å². The van der Waals surface area contributed by atoms with Crippen molar-refractivity contribution in [3.8, 4) is 5.75 Å². The van der Waals surface area contributed by atoms with Crippen molar-refractivity contribution in [1.82, 2.24) is 10.1 Å². The predicted molar refractivity (Wildman–Crippen MR) is 83.8 cm³/mol. The maximum absolute atomic E-state index is 13.4. The minimum Gasteiger partial charge on any atom is -0.489 e. The first kappa shape index (κ1) is 17.0.